The molecule has 3 N–H and O–H groups in total. The molecule has 1 aromatic rings. The quantitative estimate of drug-likeness (QED) is 0.850. The van der Waals surface area contributed by atoms with Crippen LogP contribution in [-0.2, 0) is 14.8 Å². The highest BCUT2D eigenvalue weighted by atomic mass is 32.2. The number of aromatic nitrogens is 1. The Labute approximate surface area is 124 Å². The SMILES string of the molecule is CC(C)n1cc(S(N)(=O)=O)cc1C(=O)NC1CCOCC1. The molecule has 0 unspecified atom stereocenters. The number of sulfonamides is 1. The minimum Gasteiger partial charge on any atom is -0.381 e. The highest BCUT2D eigenvalue weighted by molar-refractivity contribution is 7.89. The van der Waals surface area contributed by atoms with Crippen molar-refractivity contribution in [3.8, 4) is 0 Å². The summed E-state index contributed by atoms with van der Waals surface area (Å²) in [7, 11) is -3.83. The van der Waals surface area contributed by atoms with E-state index in [1.54, 1.807) is 4.57 Å². The number of nitrogens with two attached hydrogens (primary N) is 1. The third-order valence-corrected chi connectivity index (χ3v) is 4.38. The van der Waals surface area contributed by atoms with E-state index in [1.807, 2.05) is 13.8 Å². The van der Waals surface area contributed by atoms with Gasteiger partial charge in [0.2, 0.25) is 10.0 Å². The van der Waals surface area contributed by atoms with Crippen molar-refractivity contribution in [2.24, 2.45) is 5.14 Å². The first-order valence-electron chi connectivity index (χ1n) is 6.92. The van der Waals surface area contributed by atoms with Gasteiger partial charge in [-0.1, -0.05) is 0 Å². The summed E-state index contributed by atoms with van der Waals surface area (Å²) in [5.41, 5.74) is 0.306. The van der Waals surface area contributed by atoms with Gasteiger partial charge in [-0.3, -0.25) is 4.79 Å². The fraction of sp³-hybridized carbons (Fsp3) is 0.615. The van der Waals surface area contributed by atoms with Crippen LogP contribution in [0, 0.1) is 0 Å². The summed E-state index contributed by atoms with van der Waals surface area (Å²) < 4.78 is 29.8. The van der Waals surface area contributed by atoms with Crippen LogP contribution in [0.1, 0.15) is 43.2 Å². The first-order valence-corrected chi connectivity index (χ1v) is 8.47. The summed E-state index contributed by atoms with van der Waals surface area (Å²) in [6.45, 7) is 4.99. The van der Waals surface area contributed by atoms with Crippen molar-refractivity contribution in [3.63, 3.8) is 0 Å². The molecule has 0 aromatic carbocycles. The summed E-state index contributed by atoms with van der Waals surface area (Å²) in [4.78, 5) is 12.3. The Kier molecular flexibility index (Phi) is 4.70. The normalized spacial score (nSPS) is 17.1. The number of primary sulfonamides is 1. The molecule has 7 nitrogen and oxygen atoms in total. The van der Waals surface area contributed by atoms with Crippen LogP contribution in [0.2, 0.25) is 0 Å². The first kappa shape index (κ1) is 16.0. The van der Waals surface area contributed by atoms with Crippen molar-refractivity contribution in [2.75, 3.05) is 13.2 Å². The summed E-state index contributed by atoms with van der Waals surface area (Å²) in [5, 5.41) is 8.05. The molecule has 21 heavy (non-hydrogen) atoms. The van der Waals surface area contributed by atoms with Gasteiger partial charge in [0.05, 0.1) is 0 Å². The third kappa shape index (κ3) is 3.84. The van der Waals surface area contributed by atoms with Crippen molar-refractivity contribution in [2.45, 2.75) is 43.7 Å². The van der Waals surface area contributed by atoms with Crippen LogP contribution < -0.4 is 10.5 Å². The lowest BCUT2D eigenvalue weighted by Gasteiger charge is -2.23. The van der Waals surface area contributed by atoms with E-state index in [4.69, 9.17) is 9.88 Å². The van der Waals surface area contributed by atoms with Crippen LogP contribution in [0.15, 0.2) is 17.2 Å². The van der Waals surface area contributed by atoms with Gasteiger partial charge in [-0.2, -0.15) is 0 Å². The lowest BCUT2D eigenvalue weighted by atomic mass is 10.1. The van der Waals surface area contributed by atoms with Crippen molar-refractivity contribution < 1.29 is 17.9 Å². The van der Waals surface area contributed by atoms with Crippen LogP contribution in [0.25, 0.3) is 0 Å². The van der Waals surface area contributed by atoms with Crippen molar-refractivity contribution in [3.05, 3.63) is 18.0 Å². The monoisotopic (exact) mass is 315 g/mol. The van der Waals surface area contributed by atoms with Crippen LogP contribution >= 0.6 is 0 Å². The van der Waals surface area contributed by atoms with E-state index in [-0.39, 0.29) is 22.9 Å². The van der Waals surface area contributed by atoms with Gasteiger partial charge in [-0.05, 0) is 32.8 Å². The van der Waals surface area contributed by atoms with E-state index in [2.05, 4.69) is 5.32 Å². The molecule has 2 rings (SSSR count). The Morgan fingerprint density at radius 3 is 2.57 bits per heavy atom. The van der Waals surface area contributed by atoms with Crippen LogP contribution in [0.3, 0.4) is 0 Å². The molecule has 0 bridgehead atoms. The topological polar surface area (TPSA) is 103 Å². The molecular weight excluding hydrogens is 294 g/mol. The Bertz CT molecular complexity index is 615. The third-order valence-electron chi connectivity index (χ3n) is 3.50. The minimum atomic E-state index is -3.83. The molecule has 0 atom stereocenters. The van der Waals surface area contributed by atoms with Gasteiger partial charge < -0.3 is 14.6 Å². The molecule has 8 heteroatoms. The molecule has 1 aromatic heterocycles. The summed E-state index contributed by atoms with van der Waals surface area (Å²) in [6, 6.07) is 1.33. The Balaban J connectivity index is 2.24. The number of nitrogens with zero attached hydrogens (tertiary/aromatic N) is 1. The number of nitrogens with one attached hydrogen (secondary N) is 1. The smallest absolute Gasteiger partial charge is 0.268 e. The van der Waals surface area contributed by atoms with Crippen LogP contribution in [0.4, 0.5) is 0 Å². The number of carbonyl (C=O) groups excluding carboxylic acids is 1. The second-order valence-electron chi connectivity index (χ2n) is 5.47. The Morgan fingerprint density at radius 1 is 1.43 bits per heavy atom. The molecule has 0 aliphatic carbocycles. The second kappa shape index (κ2) is 6.17. The number of hydrogen-bond acceptors (Lipinski definition) is 4. The standard InChI is InChI=1S/C13H21N3O4S/c1-9(2)16-8-11(21(14,18)19)7-12(16)13(17)15-10-3-5-20-6-4-10/h7-10H,3-6H2,1-2H3,(H,15,17)(H2,14,18,19). The molecule has 2 heterocycles. The number of rotatable bonds is 4. The van der Waals surface area contributed by atoms with Gasteiger partial charge in [0.1, 0.15) is 10.6 Å². The molecule has 0 spiro atoms. The number of carbonyl (C=O) groups is 1. The predicted octanol–water partition coefficient (Wildman–Crippen LogP) is 0.625. The number of hydrogen-bond donors (Lipinski definition) is 2. The van der Waals surface area contributed by atoms with Gasteiger partial charge in [0.15, 0.2) is 0 Å². The van der Waals surface area contributed by atoms with Gasteiger partial charge >= 0.3 is 0 Å². The molecule has 0 saturated carbocycles. The Morgan fingerprint density at radius 2 is 2.05 bits per heavy atom. The van der Waals surface area contributed by atoms with Gasteiger partial charge in [-0.15, -0.1) is 0 Å². The van der Waals surface area contributed by atoms with E-state index in [0.29, 0.717) is 18.9 Å². The summed E-state index contributed by atoms with van der Waals surface area (Å²) in [5.74, 6) is -0.287. The molecule has 1 aliphatic heterocycles. The molecule has 1 amide bonds. The lowest BCUT2D eigenvalue weighted by molar-refractivity contribution is 0.0691. The average molecular weight is 315 g/mol. The maximum atomic E-state index is 12.4. The van der Waals surface area contributed by atoms with E-state index in [9.17, 15) is 13.2 Å². The average Bonchev–Trinajstić information content (AvgIpc) is 2.85. The van der Waals surface area contributed by atoms with E-state index < -0.39 is 10.0 Å². The summed E-state index contributed by atoms with van der Waals surface area (Å²) >= 11 is 0. The zero-order valence-electron chi connectivity index (χ0n) is 12.2. The first-order chi connectivity index (χ1) is 9.79. The van der Waals surface area contributed by atoms with Crippen molar-refractivity contribution in [1.29, 1.82) is 0 Å². The molecule has 1 saturated heterocycles. The van der Waals surface area contributed by atoms with E-state index in [0.717, 1.165) is 12.8 Å². The van der Waals surface area contributed by atoms with Gasteiger partial charge in [0.25, 0.3) is 5.91 Å². The van der Waals surface area contributed by atoms with E-state index in [1.165, 1.54) is 12.3 Å². The van der Waals surface area contributed by atoms with Crippen molar-refractivity contribution in [1.82, 2.24) is 9.88 Å². The lowest BCUT2D eigenvalue weighted by Crippen LogP contribution is -2.39. The summed E-state index contributed by atoms with van der Waals surface area (Å²) in [6.07, 6.45) is 2.92. The number of ether oxygens (including phenoxy) is 1. The molecular formula is C13H21N3O4S. The maximum Gasteiger partial charge on any atom is 0.268 e. The Hall–Kier alpha value is -1.38. The fourth-order valence-corrected chi connectivity index (χ4v) is 2.86. The molecule has 1 aliphatic rings. The molecule has 1 fully saturated rings. The second-order valence-corrected chi connectivity index (χ2v) is 7.03. The molecule has 0 radical (unpaired) electrons. The van der Waals surface area contributed by atoms with Crippen LogP contribution in [-0.4, -0.2) is 38.1 Å². The largest absolute Gasteiger partial charge is 0.381 e. The fourth-order valence-electron chi connectivity index (χ4n) is 2.32. The van der Waals surface area contributed by atoms with Gasteiger partial charge in [-0.25, -0.2) is 13.6 Å². The zero-order chi connectivity index (χ0) is 15.6. The highest BCUT2D eigenvalue weighted by Gasteiger charge is 2.23. The molecule has 118 valence electrons. The van der Waals surface area contributed by atoms with E-state index >= 15 is 0 Å². The van der Waals surface area contributed by atoms with Crippen molar-refractivity contribution >= 4 is 15.9 Å². The van der Waals surface area contributed by atoms with Gasteiger partial charge in [0, 0.05) is 31.5 Å². The highest BCUT2D eigenvalue weighted by Crippen LogP contribution is 2.18. The van der Waals surface area contributed by atoms with Crippen LogP contribution in [0.5, 0.6) is 0 Å². The minimum absolute atomic E-state index is 0.0454. The number of amides is 1. The maximum absolute atomic E-state index is 12.4. The zero-order valence-corrected chi connectivity index (χ0v) is 13.0. The predicted molar refractivity (Wildman–Crippen MR) is 77.5 cm³/mol.